The molecule has 0 spiro atoms. The Morgan fingerprint density at radius 3 is 3.06 bits per heavy atom. The van der Waals surface area contributed by atoms with Crippen molar-refractivity contribution in [1.29, 1.82) is 0 Å². The zero-order valence-electron chi connectivity index (χ0n) is 10.3. The van der Waals surface area contributed by atoms with Gasteiger partial charge in [0.25, 0.3) is 0 Å². The monoisotopic (exact) mass is 251 g/mol. The molecule has 0 saturated heterocycles. The van der Waals surface area contributed by atoms with Crippen LogP contribution in [0.5, 0.6) is 0 Å². The predicted molar refractivity (Wildman–Crippen MR) is 72.4 cm³/mol. The fraction of sp³-hybridized carbons (Fsp3) is 0.545. The number of aromatic nitrogens is 4. The third kappa shape index (κ3) is 2.69. The van der Waals surface area contributed by atoms with E-state index < -0.39 is 0 Å². The molecule has 1 unspecified atom stereocenters. The average molecular weight is 251 g/mol. The van der Waals surface area contributed by atoms with Crippen molar-refractivity contribution in [3.05, 3.63) is 12.5 Å². The number of fused-ring (bicyclic) bond motifs is 1. The summed E-state index contributed by atoms with van der Waals surface area (Å²) in [6.07, 6.45) is 3.38. The molecule has 1 atom stereocenters. The average Bonchev–Trinajstić information content (AvgIpc) is 2.70. The first-order chi connectivity index (χ1) is 8.22. The Morgan fingerprint density at radius 2 is 2.29 bits per heavy atom. The molecule has 2 rings (SSSR count). The summed E-state index contributed by atoms with van der Waals surface area (Å²) in [5, 5.41) is 8.58. The molecule has 0 saturated carbocycles. The van der Waals surface area contributed by atoms with Gasteiger partial charge in [0.05, 0.1) is 11.6 Å². The Kier molecular flexibility index (Phi) is 3.83. The van der Waals surface area contributed by atoms with Crippen LogP contribution in [0.25, 0.3) is 11.0 Å². The number of rotatable bonds is 5. The lowest BCUT2D eigenvalue weighted by molar-refractivity contribution is 0.785. The fourth-order valence-electron chi connectivity index (χ4n) is 1.65. The Bertz CT molecular complexity index is 496. The van der Waals surface area contributed by atoms with E-state index in [0.717, 1.165) is 28.4 Å². The van der Waals surface area contributed by atoms with Gasteiger partial charge in [0.15, 0.2) is 5.65 Å². The summed E-state index contributed by atoms with van der Waals surface area (Å²) >= 11 is 1.92. The number of nitrogens with zero attached hydrogens (tertiary/aromatic N) is 4. The standard InChI is InChI=1S/C11H17N5S/c1-4-17-6-8(2)15-10-9-5-14-16(3)11(9)13-7-12-10/h5,7-8H,4,6H2,1-3H3,(H,12,13,15). The van der Waals surface area contributed by atoms with Gasteiger partial charge in [-0.05, 0) is 12.7 Å². The van der Waals surface area contributed by atoms with Gasteiger partial charge in [0.2, 0.25) is 0 Å². The molecular formula is C11H17N5S. The van der Waals surface area contributed by atoms with E-state index in [9.17, 15) is 0 Å². The van der Waals surface area contributed by atoms with Gasteiger partial charge in [-0.3, -0.25) is 4.68 Å². The van der Waals surface area contributed by atoms with E-state index in [1.165, 1.54) is 0 Å². The Labute approximate surface area is 105 Å². The molecule has 2 aromatic heterocycles. The minimum atomic E-state index is 0.387. The highest BCUT2D eigenvalue weighted by Gasteiger charge is 2.09. The van der Waals surface area contributed by atoms with Crippen LogP contribution in [0, 0.1) is 0 Å². The normalized spacial score (nSPS) is 12.9. The minimum absolute atomic E-state index is 0.387. The van der Waals surface area contributed by atoms with Crippen LogP contribution in [0.15, 0.2) is 12.5 Å². The molecule has 0 aromatic carbocycles. The lowest BCUT2D eigenvalue weighted by Gasteiger charge is -2.13. The number of nitrogens with one attached hydrogen (secondary N) is 1. The summed E-state index contributed by atoms with van der Waals surface area (Å²) in [5.41, 5.74) is 0.859. The Balaban J connectivity index is 2.18. The van der Waals surface area contributed by atoms with Crippen LogP contribution in [0.1, 0.15) is 13.8 Å². The van der Waals surface area contributed by atoms with E-state index in [1.54, 1.807) is 17.2 Å². The highest BCUT2D eigenvalue weighted by Crippen LogP contribution is 2.19. The van der Waals surface area contributed by atoms with Crippen molar-refractivity contribution in [2.24, 2.45) is 7.05 Å². The highest BCUT2D eigenvalue weighted by atomic mass is 32.2. The third-order valence-corrected chi connectivity index (χ3v) is 3.63. The molecule has 0 aliphatic carbocycles. The number of anilines is 1. The van der Waals surface area contributed by atoms with Crippen molar-refractivity contribution in [2.75, 3.05) is 16.8 Å². The van der Waals surface area contributed by atoms with Crippen LogP contribution in [0.3, 0.4) is 0 Å². The van der Waals surface area contributed by atoms with Crippen LogP contribution in [-0.2, 0) is 7.05 Å². The summed E-state index contributed by atoms with van der Waals surface area (Å²) in [4.78, 5) is 8.50. The van der Waals surface area contributed by atoms with Crippen LogP contribution >= 0.6 is 11.8 Å². The minimum Gasteiger partial charge on any atom is -0.366 e. The second kappa shape index (κ2) is 5.35. The van der Waals surface area contributed by atoms with E-state index in [1.807, 2.05) is 18.8 Å². The van der Waals surface area contributed by atoms with Gasteiger partial charge < -0.3 is 5.32 Å². The quantitative estimate of drug-likeness (QED) is 0.879. The SMILES string of the molecule is CCSCC(C)Nc1ncnc2c1cnn2C. The van der Waals surface area contributed by atoms with Gasteiger partial charge in [0, 0.05) is 18.8 Å². The zero-order valence-corrected chi connectivity index (χ0v) is 11.2. The van der Waals surface area contributed by atoms with Crippen LogP contribution in [-0.4, -0.2) is 37.3 Å². The molecule has 0 amide bonds. The smallest absolute Gasteiger partial charge is 0.163 e. The second-order valence-electron chi connectivity index (χ2n) is 3.93. The van der Waals surface area contributed by atoms with Crippen molar-refractivity contribution in [3.8, 4) is 0 Å². The zero-order chi connectivity index (χ0) is 12.3. The molecule has 92 valence electrons. The molecule has 0 aliphatic heterocycles. The highest BCUT2D eigenvalue weighted by molar-refractivity contribution is 7.99. The van der Waals surface area contributed by atoms with Crippen molar-refractivity contribution in [2.45, 2.75) is 19.9 Å². The molecule has 2 aromatic rings. The van der Waals surface area contributed by atoms with Gasteiger partial charge in [-0.15, -0.1) is 0 Å². The lowest BCUT2D eigenvalue weighted by Crippen LogP contribution is -2.19. The summed E-state index contributed by atoms with van der Waals surface area (Å²) < 4.78 is 1.76. The van der Waals surface area contributed by atoms with Crippen molar-refractivity contribution >= 4 is 28.6 Å². The molecular weight excluding hydrogens is 234 g/mol. The maximum atomic E-state index is 4.28. The van der Waals surface area contributed by atoms with E-state index >= 15 is 0 Å². The van der Waals surface area contributed by atoms with Crippen LogP contribution < -0.4 is 5.32 Å². The maximum Gasteiger partial charge on any atom is 0.163 e. The molecule has 0 radical (unpaired) electrons. The van der Waals surface area contributed by atoms with E-state index in [4.69, 9.17) is 0 Å². The summed E-state index contributed by atoms with van der Waals surface area (Å²) in [7, 11) is 1.88. The molecule has 0 bridgehead atoms. The summed E-state index contributed by atoms with van der Waals surface area (Å²) in [5.74, 6) is 3.08. The van der Waals surface area contributed by atoms with E-state index in [-0.39, 0.29) is 0 Å². The lowest BCUT2D eigenvalue weighted by atomic mass is 10.3. The first-order valence-corrected chi connectivity index (χ1v) is 6.84. The first kappa shape index (κ1) is 12.2. The van der Waals surface area contributed by atoms with Crippen molar-refractivity contribution < 1.29 is 0 Å². The second-order valence-corrected chi connectivity index (χ2v) is 5.25. The van der Waals surface area contributed by atoms with E-state index in [0.29, 0.717) is 6.04 Å². The topological polar surface area (TPSA) is 55.6 Å². The Hall–Kier alpha value is -1.30. The van der Waals surface area contributed by atoms with Gasteiger partial charge in [-0.25, -0.2) is 9.97 Å². The predicted octanol–water partition coefficient (Wildman–Crippen LogP) is 1.92. The van der Waals surface area contributed by atoms with Gasteiger partial charge in [-0.2, -0.15) is 16.9 Å². The fourth-order valence-corrected chi connectivity index (χ4v) is 2.32. The molecule has 0 aliphatic rings. The van der Waals surface area contributed by atoms with Gasteiger partial charge in [0.1, 0.15) is 12.1 Å². The molecule has 5 nitrogen and oxygen atoms in total. The van der Waals surface area contributed by atoms with Gasteiger partial charge in [-0.1, -0.05) is 6.92 Å². The third-order valence-electron chi connectivity index (χ3n) is 2.48. The maximum absolute atomic E-state index is 4.28. The van der Waals surface area contributed by atoms with Crippen molar-refractivity contribution in [1.82, 2.24) is 19.7 Å². The van der Waals surface area contributed by atoms with Crippen molar-refractivity contribution in [3.63, 3.8) is 0 Å². The number of aryl methyl sites for hydroxylation is 1. The summed E-state index contributed by atoms with van der Waals surface area (Å²) in [6.45, 7) is 4.33. The molecule has 17 heavy (non-hydrogen) atoms. The first-order valence-electron chi connectivity index (χ1n) is 5.69. The molecule has 1 N–H and O–H groups in total. The van der Waals surface area contributed by atoms with E-state index in [2.05, 4.69) is 34.2 Å². The number of hydrogen-bond donors (Lipinski definition) is 1. The molecule has 6 heteroatoms. The number of hydrogen-bond acceptors (Lipinski definition) is 5. The summed E-state index contributed by atoms with van der Waals surface area (Å²) in [6, 6.07) is 0.387. The molecule has 2 heterocycles. The Morgan fingerprint density at radius 1 is 1.47 bits per heavy atom. The van der Waals surface area contributed by atoms with Crippen LogP contribution in [0.4, 0.5) is 5.82 Å². The largest absolute Gasteiger partial charge is 0.366 e. The number of thioether (sulfide) groups is 1. The molecule has 0 fully saturated rings. The van der Waals surface area contributed by atoms with Gasteiger partial charge >= 0.3 is 0 Å². The van der Waals surface area contributed by atoms with Crippen LogP contribution in [0.2, 0.25) is 0 Å².